The van der Waals surface area contributed by atoms with Gasteiger partial charge in [-0.05, 0) is 19.1 Å². The zero-order valence-electron chi connectivity index (χ0n) is 8.73. The molecule has 0 saturated carbocycles. The summed E-state index contributed by atoms with van der Waals surface area (Å²) in [5.41, 5.74) is 7.71. The molecular formula is C11H11N3OS. The summed E-state index contributed by atoms with van der Waals surface area (Å²) in [6.45, 7) is 1.99. The third kappa shape index (κ3) is 2.38. The molecule has 1 amide bonds. The maximum atomic E-state index is 11.7. The van der Waals surface area contributed by atoms with Gasteiger partial charge in [-0.2, -0.15) is 0 Å². The van der Waals surface area contributed by atoms with E-state index in [1.807, 2.05) is 31.2 Å². The van der Waals surface area contributed by atoms with Gasteiger partial charge in [0.15, 0.2) is 5.13 Å². The second kappa shape index (κ2) is 4.32. The third-order valence-corrected chi connectivity index (χ3v) is 2.74. The molecule has 0 bridgehead atoms. The van der Waals surface area contributed by atoms with E-state index < -0.39 is 0 Å². The van der Waals surface area contributed by atoms with E-state index in [2.05, 4.69) is 10.3 Å². The average Bonchev–Trinajstić information content (AvgIpc) is 2.68. The number of nitrogen functional groups attached to an aromatic ring is 1. The van der Waals surface area contributed by atoms with E-state index in [-0.39, 0.29) is 5.91 Å². The second-order valence-corrected chi connectivity index (χ2v) is 4.28. The summed E-state index contributed by atoms with van der Waals surface area (Å²) in [7, 11) is 0. The molecule has 0 aliphatic carbocycles. The first-order valence-corrected chi connectivity index (χ1v) is 5.62. The lowest BCUT2D eigenvalue weighted by Crippen LogP contribution is -2.12. The first-order chi connectivity index (χ1) is 7.65. The van der Waals surface area contributed by atoms with Gasteiger partial charge in [0.25, 0.3) is 5.91 Å². The Morgan fingerprint density at radius 3 is 2.62 bits per heavy atom. The number of carbonyl (C=O) groups excluding carboxylic acids is 1. The van der Waals surface area contributed by atoms with Gasteiger partial charge in [-0.3, -0.25) is 4.79 Å². The van der Waals surface area contributed by atoms with Crippen LogP contribution in [0.4, 0.5) is 10.8 Å². The molecule has 3 N–H and O–H groups in total. The standard InChI is InChI=1S/C11H11N3OS/c1-7-2-4-8(5-3-7)13-10(15)9-6-16-11(12)14-9/h2-6H,1H3,(H2,12,14)(H,13,15). The molecule has 0 radical (unpaired) electrons. The van der Waals surface area contributed by atoms with Crippen LogP contribution in [-0.4, -0.2) is 10.9 Å². The zero-order chi connectivity index (χ0) is 11.5. The van der Waals surface area contributed by atoms with E-state index in [9.17, 15) is 4.79 Å². The van der Waals surface area contributed by atoms with Gasteiger partial charge in [0.05, 0.1) is 0 Å². The van der Waals surface area contributed by atoms with Gasteiger partial charge in [-0.25, -0.2) is 4.98 Å². The van der Waals surface area contributed by atoms with Crippen LogP contribution in [0.15, 0.2) is 29.6 Å². The molecule has 0 fully saturated rings. The quantitative estimate of drug-likeness (QED) is 0.836. The molecule has 0 saturated heterocycles. The lowest BCUT2D eigenvalue weighted by Gasteiger charge is -2.02. The van der Waals surface area contributed by atoms with E-state index in [1.165, 1.54) is 11.3 Å². The first-order valence-electron chi connectivity index (χ1n) is 4.74. The number of thiazole rings is 1. The largest absolute Gasteiger partial charge is 0.375 e. The zero-order valence-corrected chi connectivity index (χ0v) is 9.54. The Balaban J connectivity index is 2.10. The van der Waals surface area contributed by atoms with E-state index >= 15 is 0 Å². The van der Waals surface area contributed by atoms with Crippen LogP contribution in [0.25, 0.3) is 0 Å². The summed E-state index contributed by atoms with van der Waals surface area (Å²) in [6, 6.07) is 7.57. The fourth-order valence-corrected chi connectivity index (χ4v) is 1.77. The van der Waals surface area contributed by atoms with Gasteiger partial charge >= 0.3 is 0 Å². The predicted molar refractivity (Wildman–Crippen MR) is 65.7 cm³/mol. The molecule has 0 spiro atoms. The van der Waals surface area contributed by atoms with Crippen molar-refractivity contribution in [2.45, 2.75) is 6.92 Å². The second-order valence-electron chi connectivity index (χ2n) is 3.39. The Morgan fingerprint density at radius 1 is 1.38 bits per heavy atom. The Morgan fingerprint density at radius 2 is 2.06 bits per heavy atom. The number of carbonyl (C=O) groups is 1. The number of aryl methyl sites for hydroxylation is 1. The number of anilines is 2. The summed E-state index contributed by atoms with van der Waals surface area (Å²) in [6.07, 6.45) is 0. The normalized spacial score (nSPS) is 10.1. The van der Waals surface area contributed by atoms with Gasteiger partial charge in [0.2, 0.25) is 0 Å². The third-order valence-electron chi connectivity index (χ3n) is 2.06. The molecule has 2 rings (SSSR count). The van der Waals surface area contributed by atoms with Crippen LogP contribution < -0.4 is 11.1 Å². The Hall–Kier alpha value is -1.88. The molecule has 16 heavy (non-hydrogen) atoms. The molecule has 1 aromatic carbocycles. The number of nitrogens with two attached hydrogens (primary N) is 1. The minimum Gasteiger partial charge on any atom is -0.375 e. The molecule has 0 aliphatic heterocycles. The highest BCUT2D eigenvalue weighted by molar-refractivity contribution is 7.13. The van der Waals surface area contributed by atoms with Crippen LogP contribution >= 0.6 is 11.3 Å². The van der Waals surface area contributed by atoms with Crippen molar-refractivity contribution in [1.29, 1.82) is 0 Å². The Labute approximate surface area is 97.1 Å². The van der Waals surface area contributed by atoms with Crippen molar-refractivity contribution in [2.24, 2.45) is 0 Å². The summed E-state index contributed by atoms with van der Waals surface area (Å²) in [4.78, 5) is 15.6. The maximum absolute atomic E-state index is 11.7. The summed E-state index contributed by atoms with van der Waals surface area (Å²) in [5, 5.41) is 4.78. The highest BCUT2D eigenvalue weighted by Gasteiger charge is 2.09. The van der Waals surface area contributed by atoms with E-state index in [1.54, 1.807) is 5.38 Å². The van der Waals surface area contributed by atoms with Crippen molar-refractivity contribution in [3.8, 4) is 0 Å². The minimum atomic E-state index is -0.239. The maximum Gasteiger partial charge on any atom is 0.275 e. The van der Waals surface area contributed by atoms with Gasteiger partial charge < -0.3 is 11.1 Å². The highest BCUT2D eigenvalue weighted by Crippen LogP contribution is 2.14. The molecule has 2 aromatic rings. The number of nitrogens with one attached hydrogen (secondary N) is 1. The molecule has 4 nitrogen and oxygen atoms in total. The predicted octanol–water partition coefficient (Wildman–Crippen LogP) is 2.29. The van der Waals surface area contributed by atoms with E-state index in [0.29, 0.717) is 10.8 Å². The molecule has 0 atom stereocenters. The van der Waals surface area contributed by atoms with Gasteiger partial charge in [-0.1, -0.05) is 17.7 Å². The molecule has 82 valence electrons. The number of hydrogen-bond donors (Lipinski definition) is 2. The van der Waals surface area contributed by atoms with Crippen LogP contribution in [-0.2, 0) is 0 Å². The van der Waals surface area contributed by atoms with Crippen LogP contribution in [0.1, 0.15) is 16.1 Å². The number of rotatable bonds is 2. The monoisotopic (exact) mass is 233 g/mol. The van der Waals surface area contributed by atoms with Gasteiger partial charge in [0.1, 0.15) is 5.69 Å². The molecule has 1 aromatic heterocycles. The summed E-state index contributed by atoms with van der Waals surface area (Å²) >= 11 is 1.25. The Kier molecular flexibility index (Phi) is 2.87. The van der Waals surface area contributed by atoms with Crippen LogP contribution in [0.5, 0.6) is 0 Å². The molecule has 5 heteroatoms. The fraction of sp³-hybridized carbons (Fsp3) is 0.0909. The summed E-state index contributed by atoms with van der Waals surface area (Å²) < 4.78 is 0. The number of hydrogen-bond acceptors (Lipinski definition) is 4. The highest BCUT2D eigenvalue weighted by atomic mass is 32.1. The average molecular weight is 233 g/mol. The molecular weight excluding hydrogens is 222 g/mol. The van der Waals surface area contributed by atoms with Gasteiger partial charge in [-0.15, -0.1) is 11.3 Å². The fourth-order valence-electron chi connectivity index (χ4n) is 1.22. The van der Waals surface area contributed by atoms with Crippen molar-refractivity contribution in [3.05, 3.63) is 40.9 Å². The van der Waals surface area contributed by atoms with E-state index in [0.717, 1.165) is 11.3 Å². The lowest BCUT2D eigenvalue weighted by atomic mass is 10.2. The van der Waals surface area contributed by atoms with Crippen molar-refractivity contribution >= 4 is 28.1 Å². The number of amides is 1. The lowest BCUT2D eigenvalue weighted by molar-refractivity contribution is 0.102. The molecule has 0 aliphatic rings. The smallest absolute Gasteiger partial charge is 0.275 e. The minimum absolute atomic E-state index is 0.239. The van der Waals surface area contributed by atoms with Crippen molar-refractivity contribution in [3.63, 3.8) is 0 Å². The van der Waals surface area contributed by atoms with E-state index in [4.69, 9.17) is 5.73 Å². The molecule has 0 unspecified atom stereocenters. The van der Waals surface area contributed by atoms with Crippen molar-refractivity contribution in [2.75, 3.05) is 11.1 Å². The molecule has 1 heterocycles. The SMILES string of the molecule is Cc1ccc(NC(=O)c2csc(N)n2)cc1. The number of benzene rings is 1. The van der Waals surface area contributed by atoms with Crippen molar-refractivity contribution < 1.29 is 4.79 Å². The Bertz CT molecular complexity index is 504. The van der Waals surface area contributed by atoms with Crippen LogP contribution in [0.3, 0.4) is 0 Å². The van der Waals surface area contributed by atoms with Crippen LogP contribution in [0.2, 0.25) is 0 Å². The first kappa shape index (κ1) is 10.6. The number of aromatic nitrogens is 1. The van der Waals surface area contributed by atoms with Gasteiger partial charge in [0, 0.05) is 11.1 Å². The van der Waals surface area contributed by atoms with Crippen molar-refractivity contribution in [1.82, 2.24) is 4.98 Å². The number of nitrogens with zero attached hydrogens (tertiary/aromatic N) is 1. The van der Waals surface area contributed by atoms with Crippen LogP contribution in [0, 0.1) is 6.92 Å². The topological polar surface area (TPSA) is 68.0 Å². The summed E-state index contributed by atoms with van der Waals surface area (Å²) in [5.74, 6) is -0.239.